The second-order valence-corrected chi connectivity index (χ2v) is 10.5. The number of benzene rings is 1. The van der Waals surface area contributed by atoms with Gasteiger partial charge in [-0.05, 0) is 98.7 Å². The van der Waals surface area contributed by atoms with Crippen LogP contribution in [-0.2, 0) is 27.1 Å². The number of hydrogen-bond acceptors (Lipinski definition) is 6. The van der Waals surface area contributed by atoms with Gasteiger partial charge < -0.3 is 19.9 Å². The van der Waals surface area contributed by atoms with Crippen LogP contribution in [0.15, 0.2) is 30.3 Å². The Morgan fingerprint density at radius 3 is 3.00 bits per heavy atom. The smallest absolute Gasteiger partial charge is 0.325 e. The highest BCUT2D eigenvalue weighted by atomic mass is 19.1. The summed E-state index contributed by atoms with van der Waals surface area (Å²) in [7, 11) is 0. The maximum absolute atomic E-state index is 14.3. The lowest BCUT2D eigenvalue weighted by molar-refractivity contribution is -0.143. The molecule has 0 saturated carbocycles. The predicted octanol–water partition coefficient (Wildman–Crippen LogP) is 4.92. The van der Waals surface area contributed by atoms with Crippen LogP contribution in [0.4, 0.5) is 10.2 Å². The first kappa shape index (κ1) is 26.1. The Morgan fingerprint density at radius 1 is 1.24 bits per heavy atom. The number of anilines is 1. The third-order valence-corrected chi connectivity index (χ3v) is 7.81. The van der Waals surface area contributed by atoms with E-state index in [2.05, 4.69) is 17.4 Å². The van der Waals surface area contributed by atoms with Crippen molar-refractivity contribution >= 4 is 11.8 Å². The zero-order chi connectivity index (χ0) is 25.6. The topological polar surface area (TPSA) is 83.9 Å². The summed E-state index contributed by atoms with van der Waals surface area (Å²) in [6, 6.07) is 7.92. The number of aryl methyl sites for hydroxylation is 2. The van der Waals surface area contributed by atoms with E-state index in [0.29, 0.717) is 38.5 Å². The number of carboxylic acids is 1. The third kappa shape index (κ3) is 6.48. The number of carbonyl (C=O) groups is 1. The summed E-state index contributed by atoms with van der Waals surface area (Å²) in [5, 5.41) is 13.6. The Balaban J connectivity index is 1.13. The summed E-state index contributed by atoms with van der Waals surface area (Å²) in [5.74, 6) is -0.0728. The summed E-state index contributed by atoms with van der Waals surface area (Å²) < 4.78 is 26.2. The van der Waals surface area contributed by atoms with Gasteiger partial charge in [0.05, 0.1) is 12.7 Å². The summed E-state index contributed by atoms with van der Waals surface area (Å²) >= 11 is 0. The fourth-order valence-corrected chi connectivity index (χ4v) is 5.89. The van der Waals surface area contributed by atoms with Gasteiger partial charge in [0, 0.05) is 32.0 Å². The largest absolute Gasteiger partial charge is 0.480 e. The van der Waals surface area contributed by atoms with Gasteiger partial charge in [0.15, 0.2) is 0 Å². The van der Waals surface area contributed by atoms with Gasteiger partial charge in [-0.3, -0.25) is 9.69 Å². The molecular formula is C29H38FN3O4. The highest BCUT2D eigenvalue weighted by Crippen LogP contribution is 2.37. The summed E-state index contributed by atoms with van der Waals surface area (Å²) in [6.07, 6.45) is 7.58. The molecule has 2 aromatic rings. The van der Waals surface area contributed by atoms with Crippen LogP contribution in [0.1, 0.15) is 73.1 Å². The Morgan fingerprint density at radius 2 is 2.16 bits per heavy atom. The molecule has 5 rings (SSSR count). The Hall–Kier alpha value is -2.55. The van der Waals surface area contributed by atoms with Gasteiger partial charge in [-0.2, -0.15) is 0 Å². The van der Waals surface area contributed by atoms with Crippen LogP contribution >= 0.6 is 0 Å². The Kier molecular flexibility index (Phi) is 8.69. The number of nitrogens with one attached hydrogen (secondary N) is 1. The van der Waals surface area contributed by atoms with E-state index in [0.717, 1.165) is 75.0 Å². The molecule has 0 spiro atoms. The number of likely N-dealkylation sites (tertiary alicyclic amines) is 1. The second kappa shape index (κ2) is 12.3. The van der Waals surface area contributed by atoms with Crippen molar-refractivity contribution in [3.8, 4) is 0 Å². The maximum Gasteiger partial charge on any atom is 0.325 e. The molecule has 7 nitrogen and oxygen atoms in total. The molecule has 3 aliphatic rings. The van der Waals surface area contributed by atoms with Crippen molar-refractivity contribution in [2.75, 3.05) is 44.8 Å². The molecule has 2 saturated heterocycles. The zero-order valence-corrected chi connectivity index (χ0v) is 21.5. The number of carboxylic acid groups (broad SMARTS) is 1. The quantitative estimate of drug-likeness (QED) is 0.438. The lowest BCUT2D eigenvalue weighted by Gasteiger charge is -2.30. The van der Waals surface area contributed by atoms with Crippen LogP contribution in [0.2, 0.25) is 0 Å². The summed E-state index contributed by atoms with van der Waals surface area (Å²) in [4.78, 5) is 19.1. The highest BCUT2D eigenvalue weighted by molar-refractivity contribution is 5.76. The van der Waals surface area contributed by atoms with E-state index >= 15 is 0 Å². The van der Waals surface area contributed by atoms with Crippen LogP contribution in [0, 0.1) is 11.7 Å². The van der Waals surface area contributed by atoms with Crippen molar-refractivity contribution < 1.29 is 23.8 Å². The van der Waals surface area contributed by atoms with Gasteiger partial charge in [0.1, 0.15) is 17.7 Å². The van der Waals surface area contributed by atoms with Gasteiger partial charge in [-0.25, -0.2) is 9.37 Å². The van der Waals surface area contributed by atoms with Crippen molar-refractivity contribution in [1.29, 1.82) is 0 Å². The number of aromatic nitrogens is 1. The SMILES string of the molecule is O=C(O)[C@@H](c1cc(F)ccc1[C@@H]1CCCCO1)N1CC[C@@H](COCCCc2ccc3c(n2)NCCC3)C1. The predicted molar refractivity (Wildman–Crippen MR) is 139 cm³/mol. The van der Waals surface area contributed by atoms with E-state index in [1.54, 1.807) is 6.07 Å². The number of nitrogens with zero attached hydrogens (tertiary/aromatic N) is 2. The van der Waals surface area contributed by atoms with Gasteiger partial charge in [0.25, 0.3) is 0 Å². The molecule has 3 aliphatic heterocycles. The molecular weight excluding hydrogens is 473 g/mol. The van der Waals surface area contributed by atoms with Crippen LogP contribution < -0.4 is 5.32 Å². The highest BCUT2D eigenvalue weighted by Gasteiger charge is 2.36. The molecule has 1 aromatic carbocycles. The first-order chi connectivity index (χ1) is 18.1. The molecule has 8 heteroatoms. The van der Waals surface area contributed by atoms with E-state index in [9.17, 15) is 14.3 Å². The van der Waals surface area contributed by atoms with Crippen LogP contribution in [-0.4, -0.2) is 60.4 Å². The lowest BCUT2D eigenvalue weighted by Crippen LogP contribution is -2.34. The van der Waals surface area contributed by atoms with Gasteiger partial charge in [-0.15, -0.1) is 0 Å². The molecule has 0 aliphatic carbocycles. The number of rotatable bonds is 10. The van der Waals surface area contributed by atoms with Crippen molar-refractivity contribution in [3.63, 3.8) is 0 Å². The number of halogens is 1. The molecule has 2 fully saturated rings. The van der Waals surface area contributed by atoms with Crippen molar-refractivity contribution in [3.05, 3.63) is 58.5 Å². The van der Waals surface area contributed by atoms with Crippen LogP contribution in [0.5, 0.6) is 0 Å². The van der Waals surface area contributed by atoms with E-state index in [4.69, 9.17) is 14.5 Å². The van der Waals surface area contributed by atoms with Crippen LogP contribution in [0.25, 0.3) is 0 Å². The van der Waals surface area contributed by atoms with Crippen LogP contribution in [0.3, 0.4) is 0 Å². The standard InChI is InChI=1S/C29H38FN3O4/c30-22-9-11-24(26-7-1-2-16-37-26)25(17-22)27(29(34)35)33-14-12-20(18-33)19-36-15-4-6-23-10-8-21-5-3-13-31-28(21)32-23/h8-11,17,20,26-27H,1-7,12-16,18-19H2,(H,31,32)(H,34,35)/t20-,26+,27-/m1/s1. The Bertz CT molecular complexity index is 1080. The van der Waals surface area contributed by atoms with Gasteiger partial charge >= 0.3 is 5.97 Å². The van der Waals surface area contributed by atoms with E-state index in [1.807, 2.05) is 4.90 Å². The molecule has 1 aromatic heterocycles. The van der Waals surface area contributed by atoms with Crippen molar-refractivity contribution in [2.45, 2.75) is 63.5 Å². The average Bonchev–Trinajstić information content (AvgIpc) is 3.37. The zero-order valence-electron chi connectivity index (χ0n) is 21.5. The number of hydrogen-bond donors (Lipinski definition) is 2. The average molecular weight is 512 g/mol. The van der Waals surface area contributed by atoms with E-state index in [1.165, 1.54) is 17.7 Å². The first-order valence-electron chi connectivity index (χ1n) is 13.8. The van der Waals surface area contributed by atoms with Gasteiger partial charge in [0.2, 0.25) is 0 Å². The first-order valence-corrected chi connectivity index (χ1v) is 13.8. The molecule has 37 heavy (non-hydrogen) atoms. The lowest BCUT2D eigenvalue weighted by atomic mass is 9.92. The second-order valence-electron chi connectivity index (χ2n) is 10.5. The molecule has 200 valence electrons. The number of ether oxygens (including phenoxy) is 2. The van der Waals surface area contributed by atoms with E-state index < -0.39 is 17.8 Å². The third-order valence-electron chi connectivity index (χ3n) is 7.81. The van der Waals surface area contributed by atoms with E-state index in [-0.39, 0.29) is 12.0 Å². The molecule has 0 bridgehead atoms. The molecule has 0 unspecified atom stereocenters. The molecule has 0 amide bonds. The molecule has 0 radical (unpaired) electrons. The fraction of sp³-hybridized carbons (Fsp3) is 0.586. The Labute approximate surface area is 218 Å². The molecule has 4 heterocycles. The number of pyridine rings is 1. The molecule has 3 atom stereocenters. The summed E-state index contributed by atoms with van der Waals surface area (Å²) in [6.45, 7) is 4.17. The minimum absolute atomic E-state index is 0.173. The fourth-order valence-electron chi connectivity index (χ4n) is 5.89. The minimum atomic E-state index is -0.948. The van der Waals surface area contributed by atoms with Gasteiger partial charge in [-0.1, -0.05) is 12.1 Å². The van der Waals surface area contributed by atoms with Crippen molar-refractivity contribution in [2.24, 2.45) is 5.92 Å². The number of aliphatic carboxylic acids is 1. The van der Waals surface area contributed by atoms with Crippen molar-refractivity contribution in [1.82, 2.24) is 9.88 Å². The normalized spacial score (nSPS) is 22.8. The number of fused-ring (bicyclic) bond motifs is 1. The minimum Gasteiger partial charge on any atom is -0.480 e. The molecule has 2 N–H and O–H groups in total. The monoisotopic (exact) mass is 511 g/mol. The maximum atomic E-state index is 14.3. The summed E-state index contributed by atoms with van der Waals surface area (Å²) in [5.41, 5.74) is 3.71.